The van der Waals surface area contributed by atoms with Gasteiger partial charge in [0.1, 0.15) is 5.82 Å². The van der Waals surface area contributed by atoms with Gasteiger partial charge in [0.25, 0.3) is 0 Å². The summed E-state index contributed by atoms with van der Waals surface area (Å²) in [7, 11) is 0. The van der Waals surface area contributed by atoms with Gasteiger partial charge >= 0.3 is 0 Å². The van der Waals surface area contributed by atoms with E-state index >= 15 is 0 Å². The second-order valence-corrected chi connectivity index (χ2v) is 5.86. The van der Waals surface area contributed by atoms with Crippen LogP contribution in [0.15, 0.2) is 60.9 Å². The lowest BCUT2D eigenvalue weighted by molar-refractivity contribution is 0.624. The molecule has 0 unspecified atom stereocenters. The van der Waals surface area contributed by atoms with Crippen LogP contribution in [-0.4, -0.2) is 14.9 Å². The second kappa shape index (κ2) is 7.23. The van der Waals surface area contributed by atoms with Crippen LogP contribution in [0, 0.1) is 12.7 Å². The molecule has 0 spiro atoms. The number of nitrogens with one attached hydrogen (secondary N) is 2. The number of hydrogen-bond acceptors (Lipinski definition) is 2. The topological polar surface area (TPSA) is 41.9 Å². The highest BCUT2D eigenvalue weighted by molar-refractivity contribution is 7.80. The van der Waals surface area contributed by atoms with Gasteiger partial charge in [-0.05, 0) is 48.5 Å². The summed E-state index contributed by atoms with van der Waals surface area (Å²) in [6.45, 7) is 2.59. The fraction of sp³-hybridized carbons (Fsp3) is 0.111. The Morgan fingerprint density at radius 1 is 1.12 bits per heavy atom. The molecule has 3 rings (SSSR count). The number of thiocarbonyl (C=S) groups is 1. The molecular formula is C18H17FN4S. The molecule has 0 bridgehead atoms. The van der Waals surface area contributed by atoms with Gasteiger partial charge < -0.3 is 10.6 Å². The van der Waals surface area contributed by atoms with Gasteiger partial charge in [-0.15, -0.1) is 0 Å². The van der Waals surface area contributed by atoms with Crippen molar-refractivity contribution in [3.8, 4) is 0 Å². The maximum Gasteiger partial charge on any atom is 0.175 e. The number of halogens is 1. The molecule has 0 atom stereocenters. The van der Waals surface area contributed by atoms with Crippen LogP contribution in [0.2, 0.25) is 0 Å². The number of para-hydroxylation sites is 1. The first-order valence-electron chi connectivity index (χ1n) is 7.51. The fourth-order valence-corrected chi connectivity index (χ4v) is 2.52. The van der Waals surface area contributed by atoms with Gasteiger partial charge in [-0.1, -0.05) is 30.3 Å². The van der Waals surface area contributed by atoms with Crippen LogP contribution in [-0.2, 0) is 6.54 Å². The molecule has 2 N–H and O–H groups in total. The van der Waals surface area contributed by atoms with Gasteiger partial charge in [-0.25, -0.2) is 4.39 Å². The molecule has 122 valence electrons. The lowest BCUT2D eigenvalue weighted by Gasteiger charge is -2.10. The molecule has 24 heavy (non-hydrogen) atoms. The molecule has 1 aromatic heterocycles. The molecule has 2 aromatic carbocycles. The summed E-state index contributed by atoms with van der Waals surface area (Å²) in [5.74, 6) is -0.241. The fourth-order valence-electron chi connectivity index (χ4n) is 2.29. The highest BCUT2D eigenvalue weighted by atomic mass is 32.1. The lowest BCUT2D eigenvalue weighted by Crippen LogP contribution is -2.19. The average molecular weight is 340 g/mol. The van der Waals surface area contributed by atoms with E-state index in [1.165, 1.54) is 12.1 Å². The van der Waals surface area contributed by atoms with Crippen molar-refractivity contribution in [2.45, 2.75) is 13.5 Å². The molecule has 0 aliphatic heterocycles. The first-order valence-corrected chi connectivity index (χ1v) is 7.91. The Kier molecular flexibility index (Phi) is 4.86. The summed E-state index contributed by atoms with van der Waals surface area (Å²) in [4.78, 5) is 0. The summed E-state index contributed by atoms with van der Waals surface area (Å²) in [6, 6.07) is 14.3. The molecule has 0 fully saturated rings. The Balaban J connectivity index is 1.60. The van der Waals surface area contributed by atoms with Gasteiger partial charge in [0.15, 0.2) is 5.11 Å². The van der Waals surface area contributed by atoms with Crippen molar-refractivity contribution in [2.75, 3.05) is 10.6 Å². The Hall–Kier alpha value is -2.73. The molecule has 0 amide bonds. The molecular weight excluding hydrogens is 323 g/mol. The number of anilines is 2. The number of benzene rings is 2. The Morgan fingerprint density at radius 2 is 1.88 bits per heavy atom. The minimum absolute atomic E-state index is 0.241. The van der Waals surface area contributed by atoms with E-state index in [4.69, 9.17) is 12.2 Å². The minimum Gasteiger partial charge on any atom is -0.332 e. The standard InChI is InChI=1S/C18H17FN4S/c1-13-4-2-3-5-17(13)22-18(24)21-16-10-20-23(12-16)11-14-6-8-15(19)9-7-14/h2-10,12H,11H2,1H3,(H2,21,22,24). The molecule has 3 aromatic rings. The summed E-state index contributed by atoms with van der Waals surface area (Å²) in [5, 5.41) is 11.1. The smallest absolute Gasteiger partial charge is 0.175 e. The first kappa shape index (κ1) is 16.1. The van der Waals surface area contributed by atoms with Crippen LogP contribution in [0.3, 0.4) is 0 Å². The zero-order valence-corrected chi connectivity index (χ0v) is 14.0. The first-order chi connectivity index (χ1) is 11.6. The van der Waals surface area contributed by atoms with Crippen molar-refractivity contribution in [1.82, 2.24) is 9.78 Å². The van der Waals surface area contributed by atoms with Crippen LogP contribution >= 0.6 is 12.2 Å². The van der Waals surface area contributed by atoms with E-state index in [0.717, 1.165) is 22.5 Å². The highest BCUT2D eigenvalue weighted by Crippen LogP contribution is 2.14. The van der Waals surface area contributed by atoms with Crippen LogP contribution in [0.5, 0.6) is 0 Å². The summed E-state index contributed by atoms with van der Waals surface area (Å²) in [6.07, 6.45) is 3.56. The zero-order valence-electron chi connectivity index (χ0n) is 13.2. The maximum atomic E-state index is 12.9. The second-order valence-electron chi connectivity index (χ2n) is 5.45. The van der Waals surface area contributed by atoms with Crippen molar-refractivity contribution >= 4 is 28.7 Å². The third-order valence-electron chi connectivity index (χ3n) is 3.54. The molecule has 0 saturated carbocycles. The molecule has 0 saturated heterocycles. The van der Waals surface area contributed by atoms with Crippen LogP contribution in [0.1, 0.15) is 11.1 Å². The largest absolute Gasteiger partial charge is 0.332 e. The SMILES string of the molecule is Cc1ccccc1NC(=S)Nc1cnn(Cc2ccc(F)cc2)c1. The Bertz CT molecular complexity index is 842. The van der Waals surface area contributed by atoms with Gasteiger partial charge in [0.05, 0.1) is 18.4 Å². The Morgan fingerprint density at radius 3 is 2.62 bits per heavy atom. The zero-order chi connectivity index (χ0) is 16.9. The van der Waals surface area contributed by atoms with E-state index < -0.39 is 0 Å². The van der Waals surface area contributed by atoms with E-state index in [1.54, 1.807) is 23.0 Å². The third-order valence-corrected chi connectivity index (χ3v) is 3.75. The Labute approximate surface area is 145 Å². The van der Waals surface area contributed by atoms with Crippen LogP contribution in [0.25, 0.3) is 0 Å². The van der Waals surface area contributed by atoms with Crippen LogP contribution < -0.4 is 10.6 Å². The van der Waals surface area contributed by atoms with Crippen molar-refractivity contribution in [2.24, 2.45) is 0 Å². The van der Waals surface area contributed by atoms with Gasteiger partial charge in [0, 0.05) is 11.9 Å². The minimum atomic E-state index is -0.241. The van der Waals surface area contributed by atoms with Gasteiger partial charge in [-0.3, -0.25) is 4.68 Å². The molecule has 6 heteroatoms. The predicted octanol–water partition coefficient (Wildman–Crippen LogP) is 4.19. The molecule has 4 nitrogen and oxygen atoms in total. The number of aromatic nitrogens is 2. The van der Waals surface area contributed by atoms with Gasteiger partial charge in [0.2, 0.25) is 0 Å². The molecule has 1 heterocycles. The average Bonchev–Trinajstić information content (AvgIpc) is 2.99. The predicted molar refractivity (Wildman–Crippen MR) is 98.8 cm³/mol. The third kappa shape index (κ3) is 4.17. The normalized spacial score (nSPS) is 10.4. The maximum absolute atomic E-state index is 12.9. The van der Waals surface area contributed by atoms with E-state index in [0.29, 0.717) is 11.7 Å². The summed E-state index contributed by atoms with van der Waals surface area (Å²) < 4.78 is 14.7. The summed E-state index contributed by atoms with van der Waals surface area (Å²) >= 11 is 5.33. The van der Waals surface area contributed by atoms with E-state index in [2.05, 4.69) is 15.7 Å². The van der Waals surface area contributed by atoms with Crippen molar-refractivity contribution in [3.05, 3.63) is 77.9 Å². The highest BCUT2D eigenvalue weighted by Gasteiger charge is 2.04. The lowest BCUT2D eigenvalue weighted by atomic mass is 10.2. The van der Waals surface area contributed by atoms with Crippen molar-refractivity contribution in [3.63, 3.8) is 0 Å². The van der Waals surface area contributed by atoms with E-state index in [9.17, 15) is 4.39 Å². The molecule has 0 aliphatic rings. The number of rotatable bonds is 4. The van der Waals surface area contributed by atoms with Crippen LogP contribution in [0.4, 0.5) is 15.8 Å². The van der Waals surface area contributed by atoms with Crippen molar-refractivity contribution < 1.29 is 4.39 Å². The summed E-state index contributed by atoms with van der Waals surface area (Å²) in [5.41, 5.74) is 3.86. The van der Waals surface area contributed by atoms with E-state index in [1.807, 2.05) is 37.4 Å². The van der Waals surface area contributed by atoms with E-state index in [-0.39, 0.29) is 5.82 Å². The number of nitrogens with zero attached hydrogens (tertiary/aromatic N) is 2. The molecule has 0 radical (unpaired) electrons. The van der Waals surface area contributed by atoms with Gasteiger partial charge in [-0.2, -0.15) is 5.10 Å². The molecule has 0 aliphatic carbocycles. The number of aryl methyl sites for hydroxylation is 1. The monoisotopic (exact) mass is 340 g/mol. The number of hydrogen-bond donors (Lipinski definition) is 2. The van der Waals surface area contributed by atoms with Crippen molar-refractivity contribution in [1.29, 1.82) is 0 Å². The quantitative estimate of drug-likeness (QED) is 0.699.